The Morgan fingerprint density at radius 3 is 2.47 bits per heavy atom. The molecule has 1 fully saturated rings. The first-order chi connectivity index (χ1) is 18.1. The fourth-order valence-electron chi connectivity index (χ4n) is 4.80. The molecule has 0 spiro atoms. The van der Waals surface area contributed by atoms with E-state index in [4.69, 9.17) is 9.84 Å². The minimum atomic E-state index is -0.693. The summed E-state index contributed by atoms with van der Waals surface area (Å²) < 4.78 is 36.2. The summed E-state index contributed by atoms with van der Waals surface area (Å²) in [5.74, 6) is -1.35. The minimum absolute atomic E-state index is 0.0188. The second kappa shape index (κ2) is 10.5. The van der Waals surface area contributed by atoms with Crippen LogP contribution in [0.25, 0.3) is 11.3 Å². The van der Waals surface area contributed by atoms with Crippen LogP contribution >= 0.6 is 11.8 Å². The van der Waals surface area contributed by atoms with Gasteiger partial charge in [0.15, 0.2) is 0 Å². The molecule has 38 heavy (non-hydrogen) atoms. The van der Waals surface area contributed by atoms with E-state index >= 15 is 4.39 Å². The van der Waals surface area contributed by atoms with Gasteiger partial charge in [-0.15, -0.1) is 11.8 Å². The zero-order chi connectivity index (χ0) is 27.0. The van der Waals surface area contributed by atoms with E-state index in [2.05, 4.69) is 0 Å². The number of nitrogens with zero attached hydrogens (tertiary/aromatic N) is 4. The molecule has 2 aliphatic heterocycles. The first-order valence-electron chi connectivity index (χ1n) is 12.6. The molecule has 0 radical (unpaired) electrons. The van der Waals surface area contributed by atoms with Crippen molar-refractivity contribution in [2.75, 3.05) is 43.5 Å². The van der Waals surface area contributed by atoms with E-state index in [9.17, 15) is 14.0 Å². The molecule has 5 rings (SSSR count). The summed E-state index contributed by atoms with van der Waals surface area (Å²) in [4.78, 5) is 30.2. The molecule has 0 bridgehead atoms. The van der Waals surface area contributed by atoms with Crippen LogP contribution in [0.4, 0.5) is 14.6 Å². The molecule has 10 heteroatoms. The lowest BCUT2D eigenvalue weighted by Gasteiger charge is -2.32. The molecule has 1 saturated heterocycles. The van der Waals surface area contributed by atoms with Crippen LogP contribution in [0.15, 0.2) is 48.5 Å². The van der Waals surface area contributed by atoms with E-state index in [1.807, 2.05) is 51.1 Å². The van der Waals surface area contributed by atoms with Gasteiger partial charge in [-0.3, -0.25) is 14.5 Å². The van der Waals surface area contributed by atoms with Gasteiger partial charge < -0.3 is 9.64 Å². The standard InChI is InChI=1S/C28H30F2N4O3S/c1-28(2,3)34-27-24(25(31-34)18-7-5-4-6-8-18)26(20-10-9-19(29)15-21(20)30)38-17-23(36)33(27)16-22(35)32-11-13-37-14-12-32/h4-10,15,26H,11-14,16-17H2,1-3H3/t26-/m1/s1. The molecule has 1 aromatic heterocycles. The van der Waals surface area contributed by atoms with E-state index < -0.39 is 22.4 Å². The lowest BCUT2D eigenvalue weighted by atomic mass is 9.98. The summed E-state index contributed by atoms with van der Waals surface area (Å²) in [7, 11) is 0. The van der Waals surface area contributed by atoms with Crippen LogP contribution in [0.1, 0.15) is 37.1 Å². The van der Waals surface area contributed by atoms with E-state index in [0.29, 0.717) is 43.4 Å². The zero-order valence-corrected chi connectivity index (χ0v) is 22.4. The van der Waals surface area contributed by atoms with E-state index in [1.54, 1.807) is 9.58 Å². The van der Waals surface area contributed by atoms with Crippen LogP contribution in [-0.2, 0) is 19.9 Å². The molecule has 2 aromatic carbocycles. The van der Waals surface area contributed by atoms with Crippen molar-refractivity contribution >= 4 is 29.4 Å². The largest absolute Gasteiger partial charge is 0.378 e. The highest BCUT2D eigenvalue weighted by Crippen LogP contribution is 2.49. The lowest BCUT2D eigenvalue weighted by molar-refractivity contribution is -0.134. The quantitative estimate of drug-likeness (QED) is 0.484. The van der Waals surface area contributed by atoms with Crippen molar-refractivity contribution in [1.29, 1.82) is 0 Å². The van der Waals surface area contributed by atoms with Gasteiger partial charge in [0.05, 0.1) is 35.4 Å². The van der Waals surface area contributed by atoms with E-state index in [-0.39, 0.29) is 29.7 Å². The number of aromatic nitrogens is 2. The average molecular weight is 541 g/mol. The Balaban J connectivity index is 1.73. The van der Waals surface area contributed by atoms with Crippen molar-refractivity contribution < 1.29 is 23.1 Å². The Labute approximate surface area is 224 Å². The molecule has 7 nitrogen and oxygen atoms in total. The molecule has 1 atom stereocenters. The maximum Gasteiger partial charge on any atom is 0.242 e. The molecular formula is C28H30F2N4O3S. The first kappa shape index (κ1) is 26.4. The third-order valence-corrected chi connectivity index (χ3v) is 7.91. The normalized spacial score (nSPS) is 18.3. The number of amides is 2. The van der Waals surface area contributed by atoms with Crippen LogP contribution in [0, 0.1) is 11.6 Å². The van der Waals surface area contributed by atoms with Crippen molar-refractivity contribution in [3.05, 3.63) is 71.3 Å². The number of ether oxygens (including phenoxy) is 1. The number of rotatable bonds is 4. The summed E-state index contributed by atoms with van der Waals surface area (Å²) in [6.07, 6.45) is 0. The summed E-state index contributed by atoms with van der Waals surface area (Å²) in [5.41, 5.74) is 1.71. The molecule has 0 aliphatic carbocycles. The van der Waals surface area contributed by atoms with Crippen LogP contribution in [0.3, 0.4) is 0 Å². The molecule has 0 N–H and O–H groups in total. The fraction of sp³-hybridized carbons (Fsp3) is 0.393. The van der Waals surface area contributed by atoms with Crippen molar-refractivity contribution in [2.24, 2.45) is 0 Å². The highest BCUT2D eigenvalue weighted by molar-refractivity contribution is 8.00. The third-order valence-electron chi connectivity index (χ3n) is 6.67. The number of thioether (sulfide) groups is 1. The number of halogens is 2. The van der Waals surface area contributed by atoms with Gasteiger partial charge in [0.1, 0.15) is 24.0 Å². The van der Waals surface area contributed by atoms with Gasteiger partial charge in [0, 0.05) is 35.8 Å². The van der Waals surface area contributed by atoms with Gasteiger partial charge >= 0.3 is 0 Å². The fourth-order valence-corrected chi connectivity index (χ4v) is 6.02. The van der Waals surface area contributed by atoms with Crippen molar-refractivity contribution in [3.8, 4) is 11.3 Å². The van der Waals surface area contributed by atoms with E-state index in [0.717, 1.165) is 11.6 Å². The number of benzene rings is 2. The number of hydrogen-bond donors (Lipinski definition) is 0. The SMILES string of the molecule is CC(C)(C)n1nc(-c2ccccc2)c2c1N(CC(=O)N1CCOCC1)C(=O)CS[C@@H]2c1ccc(F)cc1F. The lowest BCUT2D eigenvalue weighted by Crippen LogP contribution is -2.48. The number of hydrogen-bond acceptors (Lipinski definition) is 5. The Bertz CT molecular complexity index is 1350. The van der Waals surface area contributed by atoms with E-state index in [1.165, 1.54) is 28.8 Å². The number of anilines is 1. The smallest absolute Gasteiger partial charge is 0.242 e. The van der Waals surface area contributed by atoms with Gasteiger partial charge in [-0.25, -0.2) is 13.5 Å². The topological polar surface area (TPSA) is 67.7 Å². The number of carbonyl (C=O) groups excluding carboxylic acids is 2. The summed E-state index contributed by atoms with van der Waals surface area (Å²) >= 11 is 1.26. The molecule has 200 valence electrons. The van der Waals surface area contributed by atoms with Crippen LogP contribution in [0.5, 0.6) is 0 Å². The Kier molecular flexibility index (Phi) is 7.28. The van der Waals surface area contributed by atoms with Gasteiger partial charge in [-0.2, -0.15) is 5.10 Å². The molecule has 2 aliphatic rings. The molecular weight excluding hydrogens is 510 g/mol. The summed E-state index contributed by atoms with van der Waals surface area (Å²) in [6, 6.07) is 13.0. The van der Waals surface area contributed by atoms with Crippen LogP contribution in [-0.4, -0.2) is 65.1 Å². The zero-order valence-electron chi connectivity index (χ0n) is 21.6. The molecule has 2 amide bonds. The Morgan fingerprint density at radius 2 is 1.82 bits per heavy atom. The predicted octanol–water partition coefficient (Wildman–Crippen LogP) is 4.61. The second-order valence-electron chi connectivity index (χ2n) is 10.4. The van der Waals surface area contributed by atoms with Crippen molar-refractivity contribution in [1.82, 2.24) is 14.7 Å². The summed E-state index contributed by atoms with van der Waals surface area (Å²) in [5, 5.41) is 4.32. The van der Waals surface area contributed by atoms with Crippen LogP contribution in [0.2, 0.25) is 0 Å². The van der Waals surface area contributed by atoms with Crippen molar-refractivity contribution in [3.63, 3.8) is 0 Å². The van der Waals surface area contributed by atoms with Gasteiger partial charge in [0.2, 0.25) is 11.8 Å². The van der Waals surface area contributed by atoms with Gasteiger partial charge in [-0.1, -0.05) is 36.4 Å². The number of fused-ring (bicyclic) bond motifs is 1. The van der Waals surface area contributed by atoms with Crippen LogP contribution < -0.4 is 4.90 Å². The monoisotopic (exact) mass is 540 g/mol. The first-order valence-corrected chi connectivity index (χ1v) is 13.6. The Hall–Kier alpha value is -3.24. The Morgan fingerprint density at radius 1 is 1.11 bits per heavy atom. The molecule has 3 heterocycles. The maximum absolute atomic E-state index is 15.2. The molecule has 3 aromatic rings. The average Bonchev–Trinajstić information content (AvgIpc) is 3.24. The number of carbonyl (C=O) groups is 2. The highest BCUT2D eigenvalue weighted by Gasteiger charge is 2.40. The maximum atomic E-state index is 15.2. The number of morpholine rings is 1. The van der Waals surface area contributed by atoms with Gasteiger partial charge in [-0.05, 0) is 26.8 Å². The highest BCUT2D eigenvalue weighted by atomic mass is 32.2. The summed E-state index contributed by atoms with van der Waals surface area (Å²) in [6.45, 7) is 7.54. The molecule has 0 unspecified atom stereocenters. The predicted molar refractivity (Wildman–Crippen MR) is 143 cm³/mol. The van der Waals surface area contributed by atoms with Gasteiger partial charge in [0.25, 0.3) is 0 Å². The third kappa shape index (κ3) is 5.07. The van der Waals surface area contributed by atoms with Crippen molar-refractivity contribution in [2.45, 2.75) is 31.6 Å². The molecule has 0 saturated carbocycles. The second-order valence-corrected chi connectivity index (χ2v) is 11.5. The minimum Gasteiger partial charge on any atom is -0.378 e.